The molecule has 158 valence electrons. The Kier molecular flexibility index (Phi) is 6.13. The number of ether oxygens (including phenoxy) is 1. The Labute approximate surface area is 175 Å². The van der Waals surface area contributed by atoms with E-state index in [9.17, 15) is 9.90 Å². The fraction of sp³-hybridized carbons (Fsp3) is 0.409. The van der Waals surface area contributed by atoms with Crippen LogP contribution in [-0.2, 0) is 17.7 Å². The summed E-state index contributed by atoms with van der Waals surface area (Å²) >= 11 is 0. The molecule has 30 heavy (non-hydrogen) atoms. The maximum absolute atomic E-state index is 13.0. The van der Waals surface area contributed by atoms with E-state index in [0.29, 0.717) is 38.3 Å². The second-order valence-electron chi connectivity index (χ2n) is 7.45. The number of phenols is 1. The van der Waals surface area contributed by atoms with Crippen LogP contribution < -0.4 is 10.6 Å². The molecule has 1 fully saturated rings. The van der Waals surface area contributed by atoms with Gasteiger partial charge >= 0.3 is 0 Å². The second kappa shape index (κ2) is 9.13. The molecule has 0 atom stereocenters. The summed E-state index contributed by atoms with van der Waals surface area (Å²) in [5.74, 6) is 0.0700. The van der Waals surface area contributed by atoms with Gasteiger partial charge in [0.2, 0.25) is 0 Å². The van der Waals surface area contributed by atoms with E-state index in [4.69, 9.17) is 4.74 Å². The topological polar surface area (TPSA) is 101 Å². The highest BCUT2D eigenvalue weighted by atomic mass is 16.5. The monoisotopic (exact) mass is 409 g/mol. The van der Waals surface area contributed by atoms with Crippen LogP contribution in [0.4, 0.5) is 5.69 Å². The lowest BCUT2D eigenvalue weighted by Crippen LogP contribution is -2.31. The van der Waals surface area contributed by atoms with E-state index >= 15 is 0 Å². The number of aryl methyl sites for hydroxylation is 1. The molecular weight excluding hydrogens is 382 g/mol. The van der Waals surface area contributed by atoms with Crippen molar-refractivity contribution in [2.45, 2.75) is 38.8 Å². The average Bonchev–Trinajstić information content (AvgIpc) is 3.20. The Morgan fingerprint density at radius 2 is 2.00 bits per heavy atom. The molecule has 8 nitrogen and oxygen atoms in total. The van der Waals surface area contributed by atoms with Gasteiger partial charge < -0.3 is 20.5 Å². The predicted octanol–water partition coefficient (Wildman–Crippen LogP) is 2.72. The van der Waals surface area contributed by atoms with Crippen LogP contribution in [0.1, 0.15) is 35.7 Å². The van der Waals surface area contributed by atoms with E-state index in [0.717, 1.165) is 35.1 Å². The number of carbonyl (C=O) groups is 1. The third kappa shape index (κ3) is 4.38. The normalized spacial score (nSPS) is 14.7. The van der Waals surface area contributed by atoms with Gasteiger partial charge in [0.1, 0.15) is 5.75 Å². The smallest absolute Gasteiger partial charge is 0.254 e. The molecule has 1 amide bonds. The fourth-order valence-corrected chi connectivity index (χ4v) is 3.71. The minimum Gasteiger partial charge on any atom is -0.508 e. The number of carbonyl (C=O) groups excluding carboxylic acids is 1. The SMILES string of the molecule is CCn1ncc2c(NC3CCOCC3)c(C(=O)NCCc3ccc(O)cc3)cnc21. The summed E-state index contributed by atoms with van der Waals surface area (Å²) in [6, 6.07) is 7.25. The number of nitrogens with one attached hydrogen (secondary N) is 2. The van der Waals surface area contributed by atoms with Crippen molar-refractivity contribution in [3.8, 4) is 5.75 Å². The van der Waals surface area contributed by atoms with Crippen molar-refractivity contribution in [3.05, 3.63) is 47.8 Å². The highest BCUT2D eigenvalue weighted by Crippen LogP contribution is 2.28. The van der Waals surface area contributed by atoms with Gasteiger partial charge in [-0.1, -0.05) is 12.1 Å². The molecule has 1 aromatic carbocycles. The molecule has 0 saturated carbocycles. The molecule has 4 rings (SSSR count). The van der Waals surface area contributed by atoms with Gasteiger partial charge in [-0.05, 0) is 43.9 Å². The average molecular weight is 409 g/mol. The van der Waals surface area contributed by atoms with E-state index in [2.05, 4.69) is 20.7 Å². The lowest BCUT2D eigenvalue weighted by molar-refractivity contribution is 0.0904. The number of rotatable bonds is 7. The first-order valence-electron chi connectivity index (χ1n) is 10.4. The highest BCUT2D eigenvalue weighted by Gasteiger charge is 2.21. The van der Waals surface area contributed by atoms with E-state index in [1.54, 1.807) is 24.5 Å². The Bertz CT molecular complexity index is 1010. The number of benzene rings is 1. The van der Waals surface area contributed by atoms with E-state index < -0.39 is 0 Å². The van der Waals surface area contributed by atoms with Crippen LogP contribution in [0.25, 0.3) is 11.0 Å². The van der Waals surface area contributed by atoms with Crippen LogP contribution in [0.5, 0.6) is 5.75 Å². The predicted molar refractivity (Wildman–Crippen MR) is 115 cm³/mol. The number of amides is 1. The number of fused-ring (bicyclic) bond motifs is 1. The number of anilines is 1. The van der Waals surface area contributed by atoms with Crippen molar-refractivity contribution in [1.82, 2.24) is 20.1 Å². The minimum absolute atomic E-state index is 0.165. The zero-order valence-electron chi connectivity index (χ0n) is 17.1. The number of hydrogen-bond acceptors (Lipinski definition) is 6. The van der Waals surface area contributed by atoms with Gasteiger partial charge in [-0.2, -0.15) is 5.10 Å². The first kappa shape index (κ1) is 20.2. The van der Waals surface area contributed by atoms with E-state index in [1.165, 1.54) is 0 Å². The third-order valence-corrected chi connectivity index (χ3v) is 5.42. The van der Waals surface area contributed by atoms with Gasteiger partial charge in [-0.15, -0.1) is 0 Å². The van der Waals surface area contributed by atoms with Crippen LogP contribution in [-0.4, -0.2) is 51.6 Å². The third-order valence-electron chi connectivity index (χ3n) is 5.42. The molecule has 3 aromatic rings. The largest absolute Gasteiger partial charge is 0.508 e. The van der Waals surface area contributed by atoms with Crippen LogP contribution in [0.2, 0.25) is 0 Å². The maximum atomic E-state index is 13.0. The number of phenolic OH excluding ortho intramolecular Hbond substituents is 1. The summed E-state index contributed by atoms with van der Waals surface area (Å²) in [7, 11) is 0. The van der Waals surface area contributed by atoms with Gasteiger partial charge in [-0.3, -0.25) is 4.79 Å². The molecular formula is C22H27N5O3. The Hall–Kier alpha value is -3.13. The van der Waals surface area contributed by atoms with Gasteiger partial charge in [0.05, 0.1) is 22.8 Å². The second-order valence-corrected chi connectivity index (χ2v) is 7.45. The summed E-state index contributed by atoms with van der Waals surface area (Å²) < 4.78 is 7.29. The standard InChI is InChI=1S/C22H27N5O3/c1-2-27-21-18(14-25-27)20(26-16-8-11-30-12-9-16)19(13-24-21)22(29)23-10-7-15-3-5-17(28)6-4-15/h3-6,13-14,16,28H,2,7-12H2,1H3,(H,23,29)(H,24,26). The quantitative estimate of drug-likeness (QED) is 0.555. The molecule has 0 radical (unpaired) electrons. The van der Waals surface area contributed by atoms with Crippen LogP contribution in [0, 0.1) is 0 Å². The molecule has 0 unspecified atom stereocenters. The van der Waals surface area contributed by atoms with Crippen LogP contribution in [0.15, 0.2) is 36.7 Å². The molecule has 0 aliphatic carbocycles. The molecule has 8 heteroatoms. The van der Waals surface area contributed by atoms with Crippen LogP contribution >= 0.6 is 0 Å². The Morgan fingerprint density at radius 1 is 1.23 bits per heavy atom. The maximum Gasteiger partial charge on any atom is 0.254 e. The fourth-order valence-electron chi connectivity index (χ4n) is 3.71. The number of nitrogens with zero attached hydrogens (tertiary/aromatic N) is 3. The molecule has 0 spiro atoms. The van der Waals surface area contributed by atoms with Gasteiger partial charge in [0.25, 0.3) is 5.91 Å². The van der Waals surface area contributed by atoms with E-state index in [-0.39, 0.29) is 17.7 Å². The van der Waals surface area contributed by atoms with Gasteiger partial charge in [-0.25, -0.2) is 9.67 Å². The van der Waals surface area contributed by atoms with Crippen molar-refractivity contribution < 1.29 is 14.6 Å². The van der Waals surface area contributed by atoms with Crippen molar-refractivity contribution in [2.75, 3.05) is 25.1 Å². The molecule has 1 aliphatic heterocycles. The van der Waals surface area contributed by atoms with E-state index in [1.807, 2.05) is 23.7 Å². The zero-order valence-corrected chi connectivity index (χ0v) is 17.1. The molecule has 3 N–H and O–H groups in total. The zero-order chi connectivity index (χ0) is 20.9. The molecule has 2 aromatic heterocycles. The molecule has 3 heterocycles. The summed E-state index contributed by atoms with van der Waals surface area (Å²) in [6.45, 7) is 4.66. The summed E-state index contributed by atoms with van der Waals surface area (Å²) in [5, 5.41) is 21.2. The Morgan fingerprint density at radius 3 is 2.73 bits per heavy atom. The number of hydrogen-bond donors (Lipinski definition) is 3. The number of aromatic hydroxyl groups is 1. The van der Waals surface area contributed by atoms with Crippen molar-refractivity contribution in [1.29, 1.82) is 0 Å². The van der Waals surface area contributed by atoms with Crippen molar-refractivity contribution in [2.24, 2.45) is 0 Å². The molecule has 1 aliphatic rings. The van der Waals surface area contributed by atoms with Gasteiger partial charge in [0.15, 0.2) is 5.65 Å². The lowest BCUT2D eigenvalue weighted by Gasteiger charge is -2.25. The molecule has 0 bridgehead atoms. The summed E-state index contributed by atoms with van der Waals surface area (Å²) in [5.41, 5.74) is 3.13. The number of aromatic nitrogens is 3. The first-order chi connectivity index (χ1) is 14.7. The lowest BCUT2D eigenvalue weighted by atomic mass is 10.1. The summed E-state index contributed by atoms with van der Waals surface area (Å²) in [4.78, 5) is 17.5. The Balaban J connectivity index is 1.54. The first-order valence-corrected chi connectivity index (χ1v) is 10.4. The number of pyridine rings is 1. The molecule has 1 saturated heterocycles. The van der Waals surface area contributed by atoms with Crippen molar-refractivity contribution >= 4 is 22.6 Å². The van der Waals surface area contributed by atoms with Crippen LogP contribution in [0.3, 0.4) is 0 Å². The van der Waals surface area contributed by atoms with Crippen molar-refractivity contribution in [3.63, 3.8) is 0 Å². The summed E-state index contributed by atoms with van der Waals surface area (Å²) in [6.07, 6.45) is 5.88. The highest BCUT2D eigenvalue weighted by molar-refractivity contribution is 6.06. The van der Waals surface area contributed by atoms with Gasteiger partial charge in [0, 0.05) is 38.5 Å². The minimum atomic E-state index is -0.165.